The summed E-state index contributed by atoms with van der Waals surface area (Å²) in [7, 11) is 0. The van der Waals surface area contributed by atoms with Gasteiger partial charge in [-0.25, -0.2) is 0 Å². The Morgan fingerprint density at radius 1 is 0.750 bits per heavy atom. The third-order valence-corrected chi connectivity index (χ3v) is 8.14. The molecule has 0 bridgehead atoms. The molecule has 2 aliphatic heterocycles. The van der Waals surface area contributed by atoms with Gasteiger partial charge in [0.25, 0.3) is 0 Å². The van der Waals surface area contributed by atoms with Gasteiger partial charge in [0.2, 0.25) is 0 Å². The second-order valence-corrected chi connectivity index (χ2v) is 9.76. The first kappa shape index (κ1) is 18.5. The zero-order valence-electron chi connectivity index (χ0n) is 18.1. The maximum Gasteiger partial charge on any atom is 0.0591 e. The zero-order valence-corrected chi connectivity index (χ0v) is 18.1. The lowest BCUT2D eigenvalue weighted by molar-refractivity contribution is 0.483. The van der Waals surface area contributed by atoms with Crippen molar-refractivity contribution >= 4 is 5.69 Å². The minimum atomic E-state index is 0.408. The summed E-state index contributed by atoms with van der Waals surface area (Å²) in [6.07, 6.45) is 31.6. The number of allylic oxidation sites excluding steroid dienone is 10. The number of hydrogen-bond donors (Lipinski definition) is 1. The molecule has 1 aromatic carbocycles. The summed E-state index contributed by atoms with van der Waals surface area (Å²) in [5.74, 6) is 2.17. The SMILES string of the molecule is C1=CC2NC3C=CC(C4=CC=C5C(C4)C4C=CC=CC4N5c4ccccc4)=CC3C2C=C1. The van der Waals surface area contributed by atoms with Crippen LogP contribution in [0.5, 0.6) is 0 Å². The predicted molar refractivity (Wildman–Crippen MR) is 132 cm³/mol. The van der Waals surface area contributed by atoms with E-state index in [4.69, 9.17) is 0 Å². The molecule has 32 heavy (non-hydrogen) atoms. The van der Waals surface area contributed by atoms with Gasteiger partial charge in [-0.15, -0.1) is 0 Å². The fourth-order valence-corrected chi connectivity index (χ4v) is 6.66. The molecule has 4 aliphatic carbocycles. The van der Waals surface area contributed by atoms with Crippen molar-refractivity contribution in [2.24, 2.45) is 23.7 Å². The van der Waals surface area contributed by atoms with E-state index in [0.29, 0.717) is 41.8 Å². The van der Waals surface area contributed by atoms with Gasteiger partial charge in [0.1, 0.15) is 0 Å². The highest BCUT2D eigenvalue weighted by atomic mass is 15.2. The third kappa shape index (κ3) is 2.76. The quantitative estimate of drug-likeness (QED) is 0.671. The van der Waals surface area contributed by atoms with E-state index in [1.165, 1.54) is 22.5 Å². The molecule has 6 aliphatic rings. The number of nitrogens with zero attached hydrogens (tertiary/aromatic N) is 1. The number of fused-ring (bicyclic) bond motifs is 6. The average molecular weight is 417 g/mol. The van der Waals surface area contributed by atoms with Crippen LogP contribution in [0.25, 0.3) is 0 Å². The summed E-state index contributed by atoms with van der Waals surface area (Å²) < 4.78 is 0. The van der Waals surface area contributed by atoms with Gasteiger partial charge in [-0.1, -0.05) is 91.1 Å². The first-order valence-electron chi connectivity index (χ1n) is 12.0. The number of para-hydroxylation sites is 1. The molecule has 7 rings (SSSR count). The first-order chi connectivity index (χ1) is 15.9. The molecule has 2 heterocycles. The van der Waals surface area contributed by atoms with Gasteiger partial charge >= 0.3 is 0 Å². The van der Waals surface area contributed by atoms with Crippen molar-refractivity contribution in [3.05, 3.63) is 126 Å². The normalized spacial score (nSPS) is 37.9. The summed E-state index contributed by atoms with van der Waals surface area (Å²) in [5.41, 5.74) is 5.68. The molecule has 2 nitrogen and oxygen atoms in total. The number of nitrogens with one attached hydrogen (secondary N) is 1. The Labute approximate surface area is 190 Å². The molecule has 7 atom stereocenters. The second-order valence-electron chi connectivity index (χ2n) is 9.76. The minimum absolute atomic E-state index is 0.408. The first-order valence-corrected chi connectivity index (χ1v) is 12.0. The Balaban J connectivity index is 1.23. The lowest BCUT2D eigenvalue weighted by atomic mass is 9.76. The topological polar surface area (TPSA) is 15.3 Å². The maximum absolute atomic E-state index is 3.79. The highest BCUT2D eigenvalue weighted by Crippen LogP contribution is 2.49. The van der Waals surface area contributed by atoms with Gasteiger partial charge in [0, 0.05) is 47.1 Å². The molecule has 0 radical (unpaired) electrons. The standard InChI is InChI=1S/C30H28N2/c1-2-8-22(9-3-1)32-29-13-7-5-11-24(29)26-19-21(15-17-30(26)32)20-14-16-28-25(18-20)23-10-4-6-12-27(23)31-28/h1-18,23-29,31H,19H2. The highest BCUT2D eigenvalue weighted by molar-refractivity contribution is 5.62. The number of rotatable bonds is 2. The van der Waals surface area contributed by atoms with Crippen molar-refractivity contribution < 1.29 is 0 Å². The molecule has 2 saturated heterocycles. The molecule has 2 fully saturated rings. The molecule has 0 aromatic heterocycles. The number of anilines is 1. The van der Waals surface area contributed by atoms with Crippen molar-refractivity contribution in [3.8, 4) is 0 Å². The summed E-state index contributed by atoms with van der Waals surface area (Å²) in [5, 5.41) is 3.79. The Morgan fingerprint density at radius 2 is 1.53 bits per heavy atom. The van der Waals surface area contributed by atoms with E-state index < -0.39 is 0 Å². The number of benzene rings is 1. The van der Waals surface area contributed by atoms with Gasteiger partial charge < -0.3 is 10.2 Å². The Morgan fingerprint density at radius 3 is 2.44 bits per heavy atom. The summed E-state index contributed by atoms with van der Waals surface area (Å²) >= 11 is 0. The summed E-state index contributed by atoms with van der Waals surface area (Å²) in [6.45, 7) is 0. The molecule has 0 amide bonds. The molecule has 0 saturated carbocycles. The molecule has 2 heteroatoms. The molecule has 7 unspecified atom stereocenters. The van der Waals surface area contributed by atoms with Crippen LogP contribution in [0.15, 0.2) is 126 Å². The van der Waals surface area contributed by atoms with E-state index in [-0.39, 0.29) is 0 Å². The van der Waals surface area contributed by atoms with Crippen LogP contribution in [0, 0.1) is 23.7 Å². The largest absolute Gasteiger partial charge is 0.337 e. The Hall–Kier alpha value is -3.10. The van der Waals surface area contributed by atoms with Crippen molar-refractivity contribution in [1.29, 1.82) is 0 Å². The molecule has 158 valence electrons. The molecule has 1 aromatic rings. The van der Waals surface area contributed by atoms with Crippen LogP contribution in [0.4, 0.5) is 5.69 Å². The van der Waals surface area contributed by atoms with E-state index in [0.717, 1.165) is 6.42 Å². The van der Waals surface area contributed by atoms with Crippen molar-refractivity contribution in [3.63, 3.8) is 0 Å². The van der Waals surface area contributed by atoms with E-state index in [1.807, 2.05) is 0 Å². The Kier molecular flexibility index (Phi) is 4.16. The van der Waals surface area contributed by atoms with E-state index in [1.54, 1.807) is 0 Å². The predicted octanol–water partition coefficient (Wildman–Crippen LogP) is 5.64. The molecule has 0 spiro atoms. The van der Waals surface area contributed by atoms with Gasteiger partial charge in [-0.2, -0.15) is 0 Å². The average Bonchev–Trinajstić information content (AvgIpc) is 3.39. The van der Waals surface area contributed by atoms with Gasteiger partial charge in [0.05, 0.1) is 6.04 Å². The Bertz CT molecular complexity index is 1170. The van der Waals surface area contributed by atoms with Gasteiger partial charge in [-0.05, 0) is 35.8 Å². The maximum atomic E-state index is 3.79. The van der Waals surface area contributed by atoms with Crippen molar-refractivity contribution in [2.45, 2.75) is 24.5 Å². The smallest absolute Gasteiger partial charge is 0.0591 e. The van der Waals surface area contributed by atoms with Crippen LogP contribution in [-0.2, 0) is 0 Å². The van der Waals surface area contributed by atoms with E-state index >= 15 is 0 Å². The zero-order chi connectivity index (χ0) is 21.1. The van der Waals surface area contributed by atoms with Crippen LogP contribution in [0.3, 0.4) is 0 Å². The fourth-order valence-electron chi connectivity index (χ4n) is 6.66. The second kappa shape index (κ2) is 7.21. The van der Waals surface area contributed by atoms with Crippen molar-refractivity contribution in [1.82, 2.24) is 5.32 Å². The lowest BCUT2D eigenvalue weighted by Gasteiger charge is -2.29. The highest BCUT2D eigenvalue weighted by Gasteiger charge is 2.45. The lowest BCUT2D eigenvalue weighted by Crippen LogP contribution is -2.30. The monoisotopic (exact) mass is 416 g/mol. The number of hydrogen-bond acceptors (Lipinski definition) is 2. The molecule has 1 N–H and O–H groups in total. The fraction of sp³-hybridized carbons (Fsp3) is 0.267. The van der Waals surface area contributed by atoms with Crippen LogP contribution in [0.2, 0.25) is 0 Å². The van der Waals surface area contributed by atoms with Crippen LogP contribution < -0.4 is 10.2 Å². The summed E-state index contributed by atoms with van der Waals surface area (Å²) in [4.78, 5) is 2.56. The van der Waals surface area contributed by atoms with Crippen molar-refractivity contribution in [2.75, 3.05) is 4.90 Å². The summed E-state index contributed by atoms with van der Waals surface area (Å²) in [6, 6.07) is 12.2. The third-order valence-electron chi connectivity index (χ3n) is 8.14. The van der Waals surface area contributed by atoms with Gasteiger partial charge in [-0.3, -0.25) is 0 Å². The van der Waals surface area contributed by atoms with Crippen LogP contribution >= 0.6 is 0 Å². The van der Waals surface area contributed by atoms with E-state index in [9.17, 15) is 0 Å². The molecular formula is C30H28N2. The minimum Gasteiger partial charge on any atom is -0.337 e. The van der Waals surface area contributed by atoms with Gasteiger partial charge in [0.15, 0.2) is 0 Å². The van der Waals surface area contributed by atoms with Crippen LogP contribution in [-0.4, -0.2) is 18.1 Å². The molecular weight excluding hydrogens is 388 g/mol. The van der Waals surface area contributed by atoms with E-state index in [2.05, 4.69) is 120 Å². The van der Waals surface area contributed by atoms with Crippen LogP contribution in [0.1, 0.15) is 6.42 Å².